The molecule has 2 rings (SSSR count). The number of rotatable bonds is 6. The third kappa shape index (κ3) is 5.77. The van der Waals surface area contributed by atoms with E-state index < -0.39 is 76.0 Å². The van der Waals surface area contributed by atoms with Gasteiger partial charge in [0.25, 0.3) is 0 Å². The smallest absolute Gasteiger partial charge is 0.494 e. The first-order valence-electron chi connectivity index (χ1n) is 9.92. The van der Waals surface area contributed by atoms with Crippen LogP contribution in [0, 0.1) is 5.82 Å². The molecular weight excluding hydrogens is 453 g/mol. The molecule has 0 unspecified atom stereocenters. The van der Waals surface area contributed by atoms with E-state index in [1.165, 1.54) is 0 Å². The molecule has 180 valence electrons. The minimum atomic E-state index is -5.06. The van der Waals surface area contributed by atoms with Crippen LogP contribution in [0.5, 0.6) is 0 Å². The Kier molecular flexibility index (Phi) is 7.39. The highest BCUT2D eigenvalue weighted by atomic mass is 32.2. The van der Waals surface area contributed by atoms with E-state index in [4.69, 9.17) is 9.31 Å². The molecule has 0 spiro atoms. The van der Waals surface area contributed by atoms with Gasteiger partial charge in [0.2, 0.25) is 0 Å². The van der Waals surface area contributed by atoms with Gasteiger partial charge in [-0.05, 0) is 60.0 Å². The number of carbonyl (C=O) groups is 1. The van der Waals surface area contributed by atoms with E-state index in [2.05, 4.69) is 4.72 Å². The lowest BCUT2D eigenvalue weighted by molar-refractivity contribution is -0.140. The monoisotopic (exact) mass is 481 g/mol. The molecule has 1 aliphatic heterocycles. The van der Waals surface area contributed by atoms with Gasteiger partial charge in [-0.1, -0.05) is 6.07 Å². The fourth-order valence-corrected chi connectivity index (χ4v) is 3.76. The summed E-state index contributed by atoms with van der Waals surface area (Å²) in [4.78, 5) is 11.4. The van der Waals surface area contributed by atoms with Crippen molar-refractivity contribution in [3.8, 4) is 0 Å². The van der Waals surface area contributed by atoms with Crippen LogP contribution in [0.1, 0.15) is 72.1 Å². The molecule has 2 N–H and O–H groups in total. The van der Waals surface area contributed by atoms with Gasteiger partial charge in [0.15, 0.2) is 0 Å². The first-order chi connectivity index (χ1) is 14.3. The average Bonchev–Trinajstić information content (AvgIpc) is 2.79. The molecule has 1 heterocycles. The summed E-state index contributed by atoms with van der Waals surface area (Å²) >= 11 is -1.88. The van der Waals surface area contributed by atoms with Crippen molar-refractivity contribution in [1.29, 1.82) is 0 Å². The van der Waals surface area contributed by atoms with Gasteiger partial charge in [-0.3, -0.25) is 4.79 Å². The molecule has 1 saturated heterocycles. The summed E-state index contributed by atoms with van der Waals surface area (Å²) in [6.07, 6.45) is -5.85. The van der Waals surface area contributed by atoms with Crippen LogP contribution in [-0.4, -0.2) is 38.7 Å². The number of nitrogens with one attached hydrogen (secondary N) is 1. The van der Waals surface area contributed by atoms with Crippen LogP contribution < -0.4 is 10.2 Å². The standard InChI is InChI=1S/C20H28BF4NO5S/c1-17(2,3)32(29)26-14(10-15(27)28)12-8-11(9-13(16(12)22)20(23,24)25)21-30-18(4,5)19(6,7)31-21/h8-9,14,26H,10H2,1-7H3,(H,27,28)/t14-,32+/m0/s1. The third-order valence-electron chi connectivity index (χ3n) is 5.51. The zero-order valence-electron chi connectivity index (χ0n) is 19.0. The highest BCUT2D eigenvalue weighted by Crippen LogP contribution is 2.39. The summed E-state index contributed by atoms with van der Waals surface area (Å²) in [6.45, 7) is 11.6. The van der Waals surface area contributed by atoms with E-state index in [1.54, 1.807) is 48.5 Å². The Morgan fingerprint density at radius 3 is 2.09 bits per heavy atom. The number of hydrogen-bond acceptors (Lipinski definition) is 5. The van der Waals surface area contributed by atoms with E-state index in [-0.39, 0.29) is 5.46 Å². The second kappa shape index (κ2) is 8.79. The second-order valence-electron chi connectivity index (χ2n) is 9.71. The van der Waals surface area contributed by atoms with Crippen LogP contribution in [0.25, 0.3) is 0 Å². The van der Waals surface area contributed by atoms with Gasteiger partial charge in [-0.25, -0.2) is 4.39 Å². The van der Waals surface area contributed by atoms with Crippen molar-refractivity contribution in [3.05, 3.63) is 29.1 Å². The molecule has 0 aliphatic carbocycles. The summed E-state index contributed by atoms with van der Waals surface area (Å²) < 4.78 is 81.8. The van der Waals surface area contributed by atoms with Gasteiger partial charge in [-0.15, -0.1) is 4.72 Å². The van der Waals surface area contributed by atoms with Gasteiger partial charge in [-0.2, -0.15) is 13.2 Å². The first kappa shape index (κ1) is 26.9. The van der Waals surface area contributed by atoms with Crippen molar-refractivity contribution in [1.82, 2.24) is 4.72 Å². The maximum Gasteiger partial charge on any atom is 0.494 e. The normalized spacial score (nSPS) is 20.3. The number of carboxylic acid groups (broad SMARTS) is 1. The van der Waals surface area contributed by atoms with Crippen molar-refractivity contribution < 1.29 is 41.3 Å². The number of carboxylic acids is 1. The molecule has 0 aromatic heterocycles. The maximum atomic E-state index is 15.1. The minimum absolute atomic E-state index is 0.119. The lowest BCUT2D eigenvalue weighted by atomic mass is 9.76. The predicted molar refractivity (Wildman–Crippen MR) is 113 cm³/mol. The third-order valence-corrected chi connectivity index (χ3v) is 7.12. The quantitative estimate of drug-likeness (QED) is 0.366. The Bertz CT molecular complexity index is 857. The Morgan fingerprint density at radius 2 is 1.69 bits per heavy atom. The highest BCUT2D eigenvalue weighted by molar-refractivity contribution is 7.90. The number of hydrogen-bond donors (Lipinski definition) is 2. The average molecular weight is 481 g/mol. The van der Waals surface area contributed by atoms with Gasteiger partial charge >= 0.3 is 19.3 Å². The molecule has 1 fully saturated rings. The SMILES string of the molecule is CC(C)(C)[S@@+]([O-])N[C@@H](CC(=O)O)c1cc(B2OC(C)(C)C(C)(C)O2)cc(C(F)(F)F)c1F. The lowest BCUT2D eigenvalue weighted by Gasteiger charge is -2.32. The second-order valence-corrected chi connectivity index (χ2v) is 11.7. The molecule has 32 heavy (non-hydrogen) atoms. The van der Waals surface area contributed by atoms with E-state index in [9.17, 15) is 27.6 Å². The van der Waals surface area contributed by atoms with Crippen LogP contribution in [0.2, 0.25) is 0 Å². The number of halogens is 4. The summed E-state index contributed by atoms with van der Waals surface area (Å²) in [7, 11) is -1.24. The summed E-state index contributed by atoms with van der Waals surface area (Å²) in [5.74, 6) is -3.04. The van der Waals surface area contributed by atoms with Crippen molar-refractivity contribution in [2.75, 3.05) is 0 Å². The molecule has 12 heteroatoms. The van der Waals surface area contributed by atoms with Crippen LogP contribution in [0.3, 0.4) is 0 Å². The van der Waals surface area contributed by atoms with Crippen molar-refractivity contribution in [2.24, 2.45) is 0 Å². The summed E-state index contributed by atoms with van der Waals surface area (Å²) in [5.41, 5.74) is -4.01. The fourth-order valence-electron chi connectivity index (χ4n) is 2.94. The largest absolute Gasteiger partial charge is 0.598 e. The van der Waals surface area contributed by atoms with Crippen molar-refractivity contribution >= 4 is 29.9 Å². The number of aliphatic carboxylic acids is 1. The Morgan fingerprint density at radius 1 is 1.19 bits per heavy atom. The van der Waals surface area contributed by atoms with E-state index >= 15 is 4.39 Å². The molecule has 0 radical (unpaired) electrons. The van der Waals surface area contributed by atoms with Crippen molar-refractivity contribution in [2.45, 2.75) is 83.1 Å². The number of alkyl halides is 3. The Hall–Kier alpha value is -1.34. The van der Waals surface area contributed by atoms with Gasteiger partial charge in [0.1, 0.15) is 10.6 Å². The summed E-state index contributed by atoms with van der Waals surface area (Å²) in [6, 6.07) is 0.184. The van der Waals surface area contributed by atoms with Crippen LogP contribution >= 0.6 is 0 Å². The van der Waals surface area contributed by atoms with E-state index in [0.29, 0.717) is 6.07 Å². The van der Waals surface area contributed by atoms with Crippen LogP contribution in [-0.2, 0) is 31.6 Å². The Labute approximate surface area is 188 Å². The highest BCUT2D eigenvalue weighted by Gasteiger charge is 2.52. The lowest BCUT2D eigenvalue weighted by Crippen LogP contribution is -2.43. The van der Waals surface area contributed by atoms with Gasteiger partial charge in [0, 0.05) is 16.9 Å². The molecule has 0 bridgehead atoms. The van der Waals surface area contributed by atoms with E-state index in [1.807, 2.05) is 0 Å². The predicted octanol–water partition coefficient (Wildman–Crippen LogP) is 3.71. The van der Waals surface area contributed by atoms with Gasteiger partial charge < -0.3 is 19.0 Å². The molecule has 0 amide bonds. The fraction of sp³-hybridized carbons (Fsp3) is 0.650. The van der Waals surface area contributed by atoms with E-state index in [0.717, 1.165) is 6.07 Å². The molecule has 1 aromatic carbocycles. The molecular formula is C20H28BF4NO5S. The molecule has 1 aromatic rings. The maximum absolute atomic E-state index is 15.1. The zero-order valence-corrected chi connectivity index (χ0v) is 19.8. The first-order valence-corrected chi connectivity index (χ1v) is 11.1. The molecule has 1 aliphatic rings. The Balaban J connectivity index is 2.64. The van der Waals surface area contributed by atoms with Crippen LogP contribution in [0.15, 0.2) is 12.1 Å². The van der Waals surface area contributed by atoms with Gasteiger partial charge in [0.05, 0.1) is 29.2 Å². The van der Waals surface area contributed by atoms with Crippen molar-refractivity contribution in [3.63, 3.8) is 0 Å². The minimum Gasteiger partial charge on any atom is -0.598 e. The molecule has 0 saturated carbocycles. The topological polar surface area (TPSA) is 90.9 Å². The summed E-state index contributed by atoms with van der Waals surface area (Å²) in [5, 5.41) is 9.27. The zero-order chi connectivity index (χ0) is 24.9. The van der Waals surface area contributed by atoms with Crippen LogP contribution in [0.4, 0.5) is 17.6 Å². The molecule has 2 atom stereocenters. The molecule has 6 nitrogen and oxygen atoms in total. The number of benzene rings is 1.